The van der Waals surface area contributed by atoms with Crippen molar-refractivity contribution in [3.63, 3.8) is 0 Å². The Morgan fingerprint density at radius 1 is 1.12 bits per heavy atom. The molecule has 1 N–H and O–H groups in total. The van der Waals surface area contributed by atoms with Gasteiger partial charge in [0.05, 0.1) is 12.2 Å². The van der Waals surface area contributed by atoms with E-state index in [2.05, 4.69) is 13.2 Å². The second-order valence-corrected chi connectivity index (χ2v) is 2.74. The van der Waals surface area contributed by atoms with Crippen LogP contribution in [0.2, 0.25) is 0 Å². The van der Waals surface area contributed by atoms with E-state index >= 15 is 0 Å². The molecule has 1 heterocycles. The molecule has 0 radical (unpaired) electrons. The molecule has 0 aliphatic carbocycles. The number of rotatable bonds is 1. The predicted octanol–water partition coefficient (Wildman–Crippen LogP) is 3.37. The summed E-state index contributed by atoms with van der Waals surface area (Å²) in [7, 11) is 1.59. The number of hydrogen-bond acceptors (Lipinski definition) is 3. The average molecular weight is 234 g/mol. The largest absolute Gasteiger partial charge is 0.393 e. The predicted molar refractivity (Wildman–Crippen MR) is 70.5 cm³/mol. The molecule has 16 heavy (non-hydrogen) atoms. The number of aliphatic hydroxyl groups is 1. The standard InChI is InChI=1S/C7H14O3.2C2H6.C2H4/c1-5-3-6(8)4-7(9-2)10-5;3*1-2/h5-8H,3-4H2,1-2H3;2*1-2H3;1-2H2/t5?,6?,7-;;;/m1.../s1. The van der Waals surface area contributed by atoms with E-state index in [0.29, 0.717) is 6.42 Å². The minimum Gasteiger partial charge on any atom is -0.393 e. The topological polar surface area (TPSA) is 38.7 Å². The van der Waals surface area contributed by atoms with E-state index < -0.39 is 0 Å². The summed E-state index contributed by atoms with van der Waals surface area (Å²) in [6, 6.07) is 0. The van der Waals surface area contributed by atoms with E-state index in [-0.39, 0.29) is 18.5 Å². The van der Waals surface area contributed by atoms with Crippen LogP contribution in [-0.4, -0.2) is 30.7 Å². The van der Waals surface area contributed by atoms with E-state index in [4.69, 9.17) is 9.47 Å². The van der Waals surface area contributed by atoms with Crippen LogP contribution in [0.25, 0.3) is 0 Å². The van der Waals surface area contributed by atoms with Crippen LogP contribution in [-0.2, 0) is 9.47 Å². The molecular weight excluding hydrogens is 204 g/mol. The molecule has 0 spiro atoms. The molecule has 1 aliphatic heterocycles. The van der Waals surface area contributed by atoms with Crippen molar-refractivity contribution in [2.45, 2.75) is 66.0 Å². The molecule has 1 aliphatic rings. The highest BCUT2D eigenvalue weighted by Crippen LogP contribution is 2.19. The first-order valence-electron chi connectivity index (χ1n) is 6.08. The first kappa shape index (κ1) is 21.0. The van der Waals surface area contributed by atoms with Gasteiger partial charge in [0.2, 0.25) is 0 Å². The summed E-state index contributed by atoms with van der Waals surface area (Å²) in [4.78, 5) is 0. The highest BCUT2D eigenvalue weighted by molar-refractivity contribution is 4.69. The Morgan fingerprint density at radius 3 is 1.88 bits per heavy atom. The fraction of sp³-hybridized carbons (Fsp3) is 0.846. The zero-order valence-electron chi connectivity index (χ0n) is 11.8. The molecule has 100 valence electrons. The summed E-state index contributed by atoms with van der Waals surface area (Å²) < 4.78 is 10.3. The van der Waals surface area contributed by atoms with Crippen molar-refractivity contribution in [2.75, 3.05) is 7.11 Å². The van der Waals surface area contributed by atoms with Gasteiger partial charge >= 0.3 is 0 Å². The van der Waals surface area contributed by atoms with Gasteiger partial charge < -0.3 is 14.6 Å². The lowest BCUT2D eigenvalue weighted by Gasteiger charge is -2.29. The molecule has 1 fully saturated rings. The Labute approximate surface area is 101 Å². The van der Waals surface area contributed by atoms with Crippen LogP contribution in [0.4, 0.5) is 0 Å². The summed E-state index contributed by atoms with van der Waals surface area (Å²) in [5, 5.41) is 9.22. The smallest absolute Gasteiger partial charge is 0.160 e. The molecule has 1 saturated heterocycles. The van der Waals surface area contributed by atoms with E-state index in [1.54, 1.807) is 7.11 Å². The van der Waals surface area contributed by atoms with Gasteiger partial charge in [-0.3, -0.25) is 0 Å². The molecule has 2 unspecified atom stereocenters. The van der Waals surface area contributed by atoms with Crippen LogP contribution in [0.5, 0.6) is 0 Å². The Morgan fingerprint density at radius 2 is 1.56 bits per heavy atom. The van der Waals surface area contributed by atoms with Crippen LogP contribution >= 0.6 is 0 Å². The lowest BCUT2D eigenvalue weighted by molar-refractivity contribution is -0.198. The zero-order chi connectivity index (χ0) is 13.6. The molecule has 1 rings (SSSR count). The maximum Gasteiger partial charge on any atom is 0.160 e. The van der Waals surface area contributed by atoms with Crippen LogP contribution in [0.1, 0.15) is 47.5 Å². The molecule has 3 atom stereocenters. The van der Waals surface area contributed by atoms with E-state index in [0.717, 1.165) is 6.42 Å². The molecule has 0 bridgehead atoms. The second kappa shape index (κ2) is 17.0. The van der Waals surface area contributed by atoms with Crippen molar-refractivity contribution in [1.82, 2.24) is 0 Å². The minimum absolute atomic E-state index is 0.119. The fourth-order valence-electron chi connectivity index (χ4n) is 1.22. The Balaban J connectivity index is -0.000000245. The monoisotopic (exact) mass is 234 g/mol. The highest BCUT2D eigenvalue weighted by atomic mass is 16.7. The fourth-order valence-corrected chi connectivity index (χ4v) is 1.22. The van der Waals surface area contributed by atoms with Gasteiger partial charge in [0.25, 0.3) is 0 Å². The molecule has 3 nitrogen and oxygen atoms in total. The molecule has 3 heteroatoms. The van der Waals surface area contributed by atoms with Crippen LogP contribution in [0, 0.1) is 0 Å². The molecule has 0 saturated carbocycles. The van der Waals surface area contributed by atoms with Gasteiger partial charge in [0, 0.05) is 13.5 Å². The SMILES string of the molecule is C=C.CC.CC.CO[C@H]1CC(O)CC(C)O1. The molecule has 0 aromatic carbocycles. The summed E-state index contributed by atoms with van der Waals surface area (Å²) in [5.74, 6) is 0. The quantitative estimate of drug-likeness (QED) is 0.707. The third kappa shape index (κ3) is 11.7. The Kier molecular flexibility index (Phi) is 22.3. The summed E-state index contributed by atoms with van der Waals surface area (Å²) in [6.45, 7) is 15.9. The first-order valence-corrected chi connectivity index (χ1v) is 6.08. The van der Waals surface area contributed by atoms with Gasteiger partial charge in [0.1, 0.15) is 0 Å². The van der Waals surface area contributed by atoms with Gasteiger partial charge in [-0.05, 0) is 13.3 Å². The lowest BCUT2D eigenvalue weighted by atomic mass is 10.1. The van der Waals surface area contributed by atoms with Crippen molar-refractivity contribution in [3.8, 4) is 0 Å². The molecule has 0 aromatic heterocycles. The zero-order valence-corrected chi connectivity index (χ0v) is 11.8. The van der Waals surface area contributed by atoms with E-state index in [9.17, 15) is 5.11 Å². The van der Waals surface area contributed by atoms with Gasteiger partial charge in [-0.1, -0.05) is 27.7 Å². The average Bonchev–Trinajstić information content (AvgIpc) is 2.35. The third-order valence-electron chi connectivity index (χ3n) is 1.72. The van der Waals surface area contributed by atoms with Crippen molar-refractivity contribution in [1.29, 1.82) is 0 Å². The lowest BCUT2D eigenvalue weighted by Crippen LogP contribution is -2.34. The molecule has 0 aromatic rings. The van der Waals surface area contributed by atoms with E-state index in [1.807, 2.05) is 34.6 Å². The van der Waals surface area contributed by atoms with Crippen molar-refractivity contribution in [3.05, 3.63) is 13.2 Å². The number of ether oxygens (including phenoxy) is 2. The van der Waals surface area contributed by atoms with Gasteiger partial charge in [-0.2, -0.15) is 0 Å². The van der Waals surface area contributed by atoms with Gasteiger partial charge in [-0.15, -0.1) is 13.2 Å². The summed E-state index contributed by atoms with van der Waals surface area (Å²) in [5.41, 5.74) is 0. The van der Waals surface area contributed by atoms with Crippen molar-refractivity contribution < 1.29 is 14.6 Å². The maximum atomic E-state index is 9.22. The van der Waals surface area contributed by atoms with Crippen LogP contribution < -0.4 is 0 Å². The Hall–Kier alpha value is -0.380. The molecular formula is C13H30O3. The highest BCUT2D eigenvalue weighted by Gasteiger charge is 2.24. The van der Waals surface area contributed by atoms with Crippen molar-refractivity contribution >= 4 is 0 Å². The number of aliphatic hydroxyl groups excluding tert-OH is 1. The van der Waals surface area contributed by atoms with Gasteiger partial charge in [0.15, 0.2) is 6.29 Å². The summed E-state index contributed by atoms with van der Waals surface area (Å²) in [6.07, 6.45) is 0.974. The van der Waals surface area contributed by atoms with Gasteiger partial charge in [-0.25, -0.2) is 0 Å². The van der Waals surface area contributed by atoms with Crippen LogP contribution in [0.15, 0.2) is 13.2 Å². The second-order valence-electron chi connectivity index (χ2n) is 2.74. The maximum absolute atomic E-state index is 9.22. The first-order chi connectivity index (χ1) is 7.72. The molecule has 0 amide bonds. The number of hydrogen-bond donors (Lipinski definition) is 1. The normalized spacial score (nSPS) is 27.1. The summed E-state index contributed by atoms with van der Waals surface area (Å²) >= 11 is 0. The minimum atomic E-state index is -0.256. The van der Waals surface area contributed by atoms with E-state index in [1.165, 1.54) is 0 Å². The third-order valence-corrected chi connectivity index (χ3v) is 1.72. The Bertz CT molecular complexity index is 108. The van der Waals surface area contributed by atoms with Crippen LogP contribution in [0.3, 0.4) is 0 Å². The van der Waals surface area contributed by atoms with Crippen molar-refractivity contribution in [2.24, 2.45) is 0 Å². The number of methoxy groups -OCH3 is 1.